The summed E-state index contributed by atoms with van der Waals surface area (Å²) in [5, 5.41) is 13.3. The van der Waals surface area contributed by atoms with E-state index in [-0.39, 0.29) is 6.42 Å². The van der Waals surface area contributed by atoms with Crippen LogP contribution < -0.4 is 0 Å². The first kappa shape index (κ1) is 17.9. The molecule has 0 aliphatic carbocycles. The summed E-state index contributed by atoms with van der Waals surface area (Å²) in [6, 6.07) is 18.8. The highest BCUT2D eigenvalue weighted by atomic mass is 16.4. The number of carboxylic acids is 1. The molecule has 4 heteroatoms. The van der Waals surface area contributed by atoms with Gasteiger partial charge in [-0.05, 0) is 54.0 Å². The number of carbonyl (C=O) groups is 1. The largest absolute Gasteiger partial charge is 0.481 e. The summed E-state index contributed by atoms with van der Waals surface area (Å²) in [7, 11) is 0. The van der Waals surface area contributed by atoms with Crippen molar-refractivity contribution in [3.63, 3.8) is 0 Å². The molecule has 0 unspecified atom stereocenters. The molecule has 1 heterocycles. The molecule has 0 amide bonds. The van der Waals surface area contributed by atoms with Gasteiger partial charge in [-0.25, -0.2) is 0 Å². The monoisotopic (exact) mass is 348 g/mol. The minimum atomic E-state index is -0.749. The summed E-state index contributed by atoms with van der Waals surface area (Å²) < 4.78 is 1.90. The standard InChI is InChI=1S/C22H24N2O2/c25-22(26)13-12-20-11-10-19(17-24-15-5-14-23-24)16-21(20)9-4-8-18-6-2-1-3-7-18/h1-3,5-7,10-11,14-16H,4,8-9,12-13,17H2,(H,25,26). The van der Waals surface area contributed by atoms with Crippen molar-refractivity contribution in [2.45, 2.75) is 38.6 Å². The van der Waals surface area contributed by atoms with Crippen LogP contribution in [0.4, 0.5) is 0 Å². The second-order valence-electron chi connectivity index (χ2n) is 6.54. The molecule has 1 N–H and O–H groups in total. The van der Waals surface area contributed by atoms with E-state index in [1.165, 1.54) is 16.7 Å². The number of carboxylic acid groups (broad SMARTS) is 1. The Morgan fingerprint density at radius 2 is 1.77 bits per heavy atom. The predicted octanol–water partition coefficient (Wildman–Crippen LogP) is 4.12. The van der Waals surface area contributed by atoms with Crippen molar-refractivity contribution < 1.29 is 9.90 Å². The van der Waals surface area contributed by atoms with Crippen LogP contribution in [0.3, 0.4) is 0 Å². The first-order chi connectivity index (χ1) is 12.7. The van der Waals surface area contributed by atoms with Crippen molar-refractivity contribution in [1.82, 2.24) is 9.78 Å². The number of benzene rings is 2. The van der Waals surface area contributed by atoms with Crippen LogP contribution >= 0.6 is 0 Å². The third-order valence-corrected chi connectivity index (χ3v) is 4.54. The SMILES string of the molecule is O=C(O)CCc1ccc(Cn2cccn2)cc1CCCc1ccccc1. The number of rotatable bonds is 9. The number of aromatic nitrogens is 2. The lowest BCUT2D eigenvalue weighted by atomic mass is 9.95. The van der Waals surface area contributed by atoms with Gasteiger partial charge in [-0.3, -0.25) is 9.48 Å². The van der Waals surface area contributed by atoms with E-state index in [0.717, 1.165) is 31.4 Å². The summed E-state index contributed by atoms with van der Waals surface area (Å²) in [6.45, 7) is 0.734. The minimum absolute atomic E-state index is 0.171. The molecule has 4 nitrogen and oxygen atoms in total. The highest BCUT2D eigenvalue weighted by molar-refractivity contribution is 5.67. The van der Waals surface area contributed by atoms with E-state index in [1.807, 2.05) is 23.0 Å². The van der Waals surface area contributed by atoms with Crippen LogP contribution in [0.2, 0.25) is 0 Å². The van der Waals surface area contributed by atoms with E-state index in [1.54, 1.807) is 6.20 Å². The molecule has 1 aromatic heterocycles. The second-order valence-corrected chi connectivity index (χ2v) is 6.54. The van der Waals surface area contributed by atoms with Crippen LogP contribution in [0.15, 0.2) is 67.0 Å². The summed E-state index contributed by atoms with van der Waals surface area (Å²) in [4.78, 5) is 10.9. The van der Waals surface area contributed by atoms with Crippen molar-refractivity contribution in [3.05, 3.63) is 89.2 Å². The number of nitrogens with zero attached hydrogens (tertiary/aromatic N) is 2. The number of aliphatic carboxylic acids is 1. The molecule has 2 aromatic carbocycles. The lowest BCUT2D eigenvalue weighted by molar-refractivity contribution is -0.136. The van der Waals surface area contributed by atoms with Gasteiger partial charge in [0.25, 0.3) is 0 Å². The summed E-state index contributed by atoms with van der Waals surface area (Å²) >= 11 is 0. The van der Waals surface area contributed by atoms with Gasteiger partial charge in [0.2, 0.25) is 0 Å². The van der Waals surface area contributed by atoms with Gasteiger partial charge in [0.1, 0.15) is 0 Å². The van der Waals surface area contributed by atoms with Gasteiger partial charge < -0.3 is 5.11 Å². The maximum Gasteiger partial charge on any atom is 0.303 e. The van der Waals surface area contributed by atoms with Crippen LogP contribution in [0.5, 0.6) is 0 Å². The lowest BCUT2D eigenvalue weighted by Gasteiger charge is -2.12. The van der Waals surface area contributed by atoms with E-state index >= 15 is 0 Å². The number of aryl methyl sites for hydroxylation is 3. The zero-order valence-corrected chi connectivity index (χ0v) is 14.8. The Bertz CT molecular complexity index is 827. The fourth-order valence-corrected chi connectivity index (χ4v) is 3.20. The zero-order chi connectivity index (χ0) is 18.2. The van der Waals surface area contributed by atoms with E-state index < -0.39 is 5.97 Å². The maximum atomic E-state index is 10.9. The zero-order valence-electron chi connectivity index (χ0n) is 14.8. The topological polar surface area (TPSA) is 55.1 Å². The van der Waals surface area contributed by atoms with Gasteiger partial charge >= 0.3 is 5.97 Å². The van der Waals surface area contributed by atoms with E-state index in [4.69, 9.17) is 5.11 Å². The van der Waals surface area contributed by atoms with Crippen LogP contribution in [-0.4, -0.2) is 20.9 Å². The highest BCUT2D eigenvalue weighted by Gasteiger charge is 2.08. The van der Waals surface area contributed by atoms with E-state index in [9.17, 15) is 4.79 Å². The Hall–Kier alpha value is -2.88. The molecule has 3 rings (SSSR count). The summed E-state index contributed by atoms with van der Waals surface area (Å²) in [5.74, 6) is -0.749. The Labute approximate surface area is 154 Å². The molecule has 26 heavy (non-hydrogen) atoms. The average molecular weight is 348 g/mol. The Balaban J connectivity index is 1.70. The smallest absolute Gasteiger partial charge is 0.303 e. The molecular formula is C22H24N2O2. The van der Waals surface area contributed by atoms with Crippen molar-refractivity contribution in [3.8, 4) is 0 Å². The molecule has 3 aromatic rings. The molecule has 0 saturated heterocycles. The van der Waals surface area contributed by atoms with Gasteiger partial charge in [-0.2, -0.15) is 5.10 Å². The Kier molecular flexibility index (Phi) is 6.20. The van der Waals surface area contributed by atoms with E-state index in [0.29, 0.717) is 6.42 Å². The Morgan fingerprint density at radius 3 is 2.50 bits per heavy atom. The highest BCUT2D eigenvalue weighted by Crippen LogP contribution is 2.18. The lowest BCUT2D eigenvalue weighted by Crippen LogP contribution is -2.05. The molecule has 0 aliphatic heterocycles. The molecule has 134 valence electrons. The van der Waals surface area contributed by atoms with Gasteiger partial charge in [-0.1, -0.05) is 48.5 Å². The molecular weight excluding hydrogens is 324 g/mol. The third kappa shape index (κ3) is 5.31. The number of hydrogen-bond donors (Lipinski definition) is 1. The molecule has 0 fully saturated rings. The van der Waals surface area contributed by atoms with Crippen molar-refractivity contribution in [1.29, 1.82) is 0 Å². The van der Waals surface area contributed by atoms with Crippen molar-refractivity contribution >= 4 is 5.97 Å². The van der Waals surface area contributed by atoms with Crippen molar-refractivity contribution in [2.24, 2.45) is 0 Å². The molecule has 0 bridgehead atoms. The van der Waals surface area contributed by atoms with Gasteiger partial charge in [0.15, 0.2) is 0 Å². The van der Waals surface area contributed by atoms with Gasteiger partial charge in [-0.15, -0.1) is 0 Å². The second kappa shape index (κ2) is 8.99. The van der Waals surface area contributed by atoms with Crippen LogP contribution in [0, 0.1) is 0 Å². The van der Waals surface area contributed by atoms with Gasteiger partial charge in [0, 0.05) is 18.8 Å². The van der Waals surface area contributed by atoms with Crippen molar-refractivity contribution in [2.75, 3.05) is 0 Å². The molecule has 0 atom stereocenters. The van der Waals surface area contributed by atoms with Crippen LogP contribution in [0.25, 0.3) is 0 Å². The first-order valence-corrected chi connectivity index (χ1v) is 9.04. The Morgan fingerprint density at radius 1 is 0.923 bits per heavy atom. The first-order valence-electron chi connectivity index (χ1n) is 9.04. The molecule has 0 radical (unpaired) electrons. The average Bonchev–Trinajstić information content (AvgIpc) is 3.15. The fourth-order valence-electron chi connectivity index (χ4n) is 3.20. The molecule has 0 aliphatic rings. The van der Waals surface area contributed by atoms with Crippen LogP contribution in [0.1, 0.15) is 35.1 Å². The van der Waals surface area contributed by atoms with Gasteiger partial charge in [0.05, 0.1) is 6.54 Å². The molecule has 0 saturated carbocycles. The van der Waals surface area contributed by atoms with E-state index in [2.05, 4.69) is 47.6 Å². The normalized spacial score (nSPS) is 10.8. The predicted molar refractivity (Wildman–Crippen MR) is 102 cm³/mol. The maximum absolute atomic E-state index is 10.9. The number of hydrogen-bond acceptors (Lipinski definition) is 2. The third-order valence-electron chi connectivity index (χ3n) is 4.54. The quantitative estimate of drug-likeness (QED) is 0.633. The minimum Gasteiger partial charge on any atom is -0.481 e. The van der Waals surface area contributed by atoms with Crippen LogP contribution in [-0.2, 0) is 30.6 Å². The summed E-state index contributed by atoms with van der Waals surface area (Å²) in [5.41, 5.74) is 4.94. The molecule has 0 spiro atoms. The summed E-state index contributed by atoms with van der Waals surface area (Å²) in [6.07, 6.45) is 7.52. The fraction of sp³-hybridized carbons (Fsp3) is 0.273.